The number of nitrogens with zero attached hydrogens (tertiary/aromatic N) is 2. The maximum absolute atomic E-state index is 12.2. The molecule has 0 aromatic heterocycles. The second-order valence-electron chi connectivity index (χ2n) is 5.37. The van der Waals surface area contributed by atoms with Gasteiger partial charge in [-0.1, -0.05) is 13.8 Å². The van der Waals surface area contributed by atoms with Crippen LogP contribution in [0.25, 0.3) is 0 Å². The quantitative estimate of drug-likeness (QED) is 0.503. The van der Waals surface area contributed by atoms with Crippen LogP contribution in [0.15, 0.2) is 0 Å². The Morgan fingerprint density at radius 1 is 1.30 bits per heavy atom. The lowest BCUT2D eigenvalue weighted by molar-refractivity contribution is -0.154. The van der Waals surface area contributed by atoms with E-state index in [1.807, 2.05) is 13.8 Å². The summed E-state index contributed by atoms with van der Waals surface area (Å²) in [5, 5.41) is 2.90. The number of nitrogens with one attached hydrogen (secondary N) is 1. The molecular weight excluding hydrogens is 262 g/mol. The average Bonchev–Trinajstić information content (AvgIpc) is 3.21. The second kappa shape index (κ2) is 6.69. The number of likely N-dealkylation sites (N-methyl/N-ethyl adjacent to an activating group) is 2. The van der Waals surface area contributed by atoms with Gasteiger partial charge in [-0.2, -0.15) is 0 Å². The van der Waals surface area contributed by atoms with Crippen molar-refractivity contribution >= 4 is 17.8 Å². The van der Waals surface area contributed by atoms with Crippen LogP contribution in [0.4, 0.5) is 0 Å². The van der Waals surface area contributed by atoms with Gasteiger partial charge in [0.2, 0.25) is 11.8 Å². The molecule has 1 saturated heterocycles. The summed E-state index contributed by atoms with van der Waals surface area (Å²) in [6.45, 7) is 4.29. The molecule has 1 fully saturated rings. The van der Waals surface area contributed by atoms with E-state index in [-0.39, 0.29) is 30.3 Å². The summed E-state index contributed by atoms with van der Waals surface area (Å²) in [5.74, 6) is -0.910. The van der Waals surface area contributed by atoms with Crippen molar-refractivity contribution in [3.8, 4) is 0 Å². The molecule has 1 N–H and O–H groups in total. The third-order valence-electron chi connectivity index (χ3n) is 3.34. The number of amides is 2. The van der Waals surface area contributed by atoms with E-state index in [4.69, 9.17) is 4.74 Å². The first-order chi connectivity index (χ1) is 9.29. The molecule has 2 atom stereocenters. The Morgan fingerprint density at radius 2 is 1.85 bits per heavy atom. The Morgan fingerprint density at radius 3 is 2.25 bits per heavy atom. The molecule has 0 spiro atoms. The first kappa shape index (κ1) is 16.4. The molecule has 1 aliphatic rings. The topological polar surface area (TPSA) is 88.9 Å². The molecule has 0 radical (unpaired) electrons. The minimum absolute atomic E-state index is 0.0479. The molecule has 1 heterocycles. The van der Waals surface area contributed by atoms with Gasteiger partial charge in [0.25, 0.3) is 0 Å². The molecule has 0 bridgehead atoms. The Hall–Kier alpha value is -1.63. The minimum atomic E-state index is -0.643. The lowest BCUT2D eigenvalue weighted by Gasteiger charge is -2.30. The van der Waals surface area contributed by atoms with Crippen LogP contribution in [0, 0.1) is 5.92 Å². The lowest BCUT2D eigenvalue weighted by Crippen LogP contribution is -2.50. The molecule has 0 aliphatic carbocycles. The second-order valence-corrected chi connectivity index (χ2v) is 5.37. The van der Waals surface area contributed by atoms with E-state index in [0.717, 1.165) is 0 Å². The molecule has 20 heavy (non-hydrogen) atoms. The third kappa shape index (κ3) is 3.93. The van der Waals surface area contributed by atoms with Crippen molar-refractivity contribution in [3.05, 3.63) is 0 Å². The summed E-state index contributed by atoms with van der Waals surface area (Å²) in [7, 11) is 4.43. The van der Waals surface area contributed by atoms with Crippen molar-refractivity contribution in [1.82, 2.24) is 15.1 Å². The Balaban J connectivity index is 2.63. The van der Waals surface area contributed by atoms with Gasteiger partial charge in [0.15, 0.2) is 0 Å². The number of hydrogen-bond acceptors (Lipinski definition) is 5. The minimum Gasteiger partial charge on any atom is -0.467 e. The molecule has 1 rings (SSSR count). The van der Waals surface area contributed by atoms with Crippen molar-refractivity contribution in [1.29, 1.82) is 0 Å². The van der Waals surface area contributed by atoms with E-state index >= 15 is 0 Å². The van der Waals surface area contributed by atoms with Crippen LogP contribution in [0.5, 0.6) is 0 Å². The highest BCUT2D eigenvalue weighted by atomic mass is 16.5. The van der Waals surface area contributed by atoms with Crippen molar-refractivity contribution in [2.75, 3.05) is 34.3 Å². The number of methoxy groups -OCH3 is 1. The molecule has 1 aliphatic heterocycles. The van der Waals surface area contributed by atoms with E-state index in [0.29, 0.717) is 6.54 Å². The fourth-order valence-corrected chi connectivity index (χ4v) is 2.05. The van der Waals surface area contributed by atoms with E-state index < -0.39 is 12.0 Å². The van der Waals surface area contributed by atoms with Crippen LogP contribution >= 0.6 is 0 Å². The number of hydrogen-bond donors (Lipinski definition) is 1. The highest BCUT2D eigenvalue weighted by Gasteiger charge is 2.34. The van der Waals surface area contributed by atoms with Crippen LogP contribution < -0.4 is 5.32 Å². The largest absolute Gasteiger partial charge is 0.467 e. The van der Waals surface area contributed by atoms with Crippen molar-refractivity contribution in [2.45, 2.75) is 25.9 Å². The Kier molecular flexibility index (Phi) is 5.50. The fourth-order valence-electron chi connectivity index (χ4n) is 2.05. The van der Waals surface area contributed by atoms with Crippen molar-refractivity contribution < 1.29 is 19.1 Å². The number of carbonyl (C=O) groups is 3. The molecule has 1 unspecified atom stereocenters. The lowest BCUT2D eigenvalue weighted by atomic mass is 10.0. The zero-order valence-electron chi connectivity index (χ0n) is 12.7. The standard InChI is InChI=1S/C13H23N3O4/c1-8(2)11(13(19)20-5)16(4)10(17)7-15(3)12(18)9-6-14-9/h8-9,11,14H,6-7H2,1-5H3/t9-,11?/m0/s1. The molecule has 0 aromatic rings. The molecular formula is C13H23N3O4. The molecule has 2 amide bonds. The normalized spacial score (nSPS) is 18.4. The van der Waals surface area contributed by atoms with E-state index in [9.17, 15) is 14.4 Å². The van der Waals surface area contributed by atoms with Gasteiger partial charge in [-0.05, 0) is 5.92 Å². The zero-order chi connectivity index (χ0) is 15.4. The SMILES string of the molecule is COC(=O)C(C(C)C)N(C)C(=O)CN(C)C(=O)[C@@H]1CN1. The van der Waals surface area contributed by atoms with E-state index in [2.05, 4.69) is 5.32 Å². The van der Waals surface area contributed by atoms with Gasteiger partial charge in [-0.25, -0.2) is 4.79 Å². The number of ether oxygens (including phenoxy) is 1. The third-order valence-corrected chi connectivity index (χ3v) is 3.34. The highest BCUT2D eigenvalue weighted by molar-refractivity contribution is 5.90. The van der Waals surface area contributed by atoms with Gasteiger partial charge in [0.05, 0.1) is 19.7 Å². The van der Waals surface area contributed by atoms with Gasteiger partial charge >= 0.3 is 5.97 Å². The number of carbonyl (C=O) groups excluding carboxylic acids is 3. The maximum Gasteiger partial charge on any atom is 0.328 e. The van der Waals surface area contributed by atoms with Crippen LogP contribution in [0.1, 0.15) is 13.8 Å². The monoisotopic (exact) mass is 285 g/mol. The Labute approximate surface area is 119 Å². The van der Waals surface area contributed by atoms with Gasteiger partial charge in [0, 0.05) is 20.6 Å². The summed E-state index contributed by atoms with van der Waals surface area (Å²) >= 11 is 0. The van der Waals surface area contributed by atoms with Crippen LogP contribution in [-0.4, -0.2) is 74.0 Å². The first-order valence-electron chi connectivity index (χ1n) is 6.61. The summed E-state index contributed by atoms with van der Waals surface area (Å²) in [6.07, 6.45) is 0. The van der Waals surface area contributed by atoms with E-state index in [1.54, 1.807) is 14.1 Å². The summed E-state index contributed by atoms with van der Waals surface area (Å²) in [6, 6.07) is -0.810. The number of rotatable bonds is 6. The van der Waals surface area contributed by atoms with Gasteiger partial charge in [-0.15, -0.1) is 0 Å². The van der Waals surface area contributed by atoms with Crippen LogP contribution in [-0.2, 0) is 19.1 Å². The summed E-state index contributed by atoms with van der Waals surface area (Å²) in [4.78, 5) is 38.4. The summed E-state index contributed by atoms with van der Waals surface area (Å²) in [5.41, 5.74) is 0. The molecule has 7 heteroatoms. The average molecular weight is 285 g/mol. The molecule has 0 saturated carbocycles. The summed E-state index contributed by atoms with van der Waals surface area (Å²) < 4.78 is 4.72. The molecule has 7 nitrogen and oxygen atoms in total. The fraction of sp³-hybridized carbons (Fsp3) is 0.769. The predicted octanol–water partition coefficient (Wildman–Crippen LogP) is -0.927. The Bertz CT molecular complexity index is 393. The van der Waals surface area contributed by atoms with Crippen LogP contribution in [0.2, 0.25) is 0 Å². The highest BCUT2D eigenvalue weighted by Crippen LogP contribution is 2.12. The first-order valence-corrected chi connectivity index (χ1v) is 6.61. The molecule has 114 valence electrons. The van der Waals surface area contributed by atoms with Gasteiger partial charge in [0.1, 0.15) is 6.04 Å². The predicted molar refractivity (Wildman–Crippen MR) is 72.8 cm³/mol. The van der Waals surface area contributed by atoms with Crippen molar-refractivity contribution in [3.63, 3.8) is 0 Å². The maximum atomic E-state index is 12.2. The van der Waals surface area contributed by atoms with Gasteiger partial charge < -0.3 is 19.9 Å². The van der Waals surface area contributed by atoms with Gasteiger partial charge in [-0.3, -0.25) is 9.59 Å². The number of esters is 1. The van der Waals surface area contributed by atoms with Crippen molar-refractivity contribution in [2.24, 2.45) is 5.92 Å². The zero-order valence-corrected chi connectivity index (χ0v) is 12.7. The van der Waals surface area contributed by atoms with Crippen LogP contribution in [0.3, 0.4) is 0 Å². The smallest absolute Gasteiger partial charge is 0.328 e. The molecule has 0 aromatic carbocycles. The van der Waals surface area contributed by atoms with E-state index in [1.165, 1.54) is 16.9 Å².